The van der Waals surface area contributed by atoms with E-state index in [0.29, 0.717) is 16.9 Å². The van der Waals surface area contributed by atoms with E-state index in [0.717, 1.165) is 36.3 Å². The summed E-state index contributed by atoms with van der Waals surface area (Å²) in [6.07, 6.45) is 2.69. The van der Waals surface area contributed by atoms with Gasteiger partial charge < -0.3 is 9.72 Å². The van der Waals surface area contributed by atoms with Gasteiger partial charge in [0.2, 0.25) is 0 Å². The molecule has 0 spiro atoms. The summed E-state index contributed by atoms with van der Waals surface area (Å²) in [4.78, 5) is 19.3. The van der Waals surface area contributed by atoms with Gasteiger partial charge in [-0.05, 0) is 53.0 Å². The lowest BCUT2D eigenvalue weighted by atomic mass is 10.2. The molecule has 2 aromatic rings. The first-order chi connectivity index (χ1) is 10.2. The Morgan fingerprint density at radius 1 is 1.19 bits per heavy atom. The van der Waals surface area contributed by atoms with E-state index in [1.165, 1.54) is 0 Å². The molecule has 1 heterocycles. The number of H-pyrrole nitrogens is 1. The van der Waals surface area contributed by atoms with E-state index in [1.54, 1.807) is 0 Å². The van der Waals surface area contributed by atoms with Gasteiger partial charge in [0.15, 0.2) is 0 Å². The van der Waals surface area contributed by atoms with Crippen molar-refractivity contribution in [3.63, 3.8) is 0 Å². The lowest BCUT2D eigenvalue weighted by Crippen LogP contribution is -2.13. The van der Waals surface area contributed by atoms with Crippen molar-refractivity contribution < 1.29 is 4.74 Å². The summed E-state index contributed by atoms with van der Waals surface area (Å²) in [5, 5.41) is 0. The Balaban J connectivity index is 2.31. The normalized spacial score (nSPS) is 10.6. The molecule has 2 rings (SSSR count). The maximum atomic E-state index is 11.9. The average Bonchev–Trinajstić information content (AvgIpc) is 2.50. The number of rotatable bonds is 6. The first-order valence-electron chi connectivity index (χ1n) is 7.17. The monoisotopic (exact) mass is 350 g/mol. The van der Waals surface area contributed by atoms with Crippen LogP contribution in [0, 0.1) is 0 Å². The largest absolute Gasteiger partial charge is 0.494 e. The highest BCUT2D eigenvalue weighted by Crippen LogP contribution is 2.21. The van der Waals surface area contributed by atoms with Crippen LogP contribution in [-0.4, -0.2) is 16.6 Å². The molecule has 1 aromatic carbocycles. The van der Waals surface area contributed by atoms with E-state index < -0.39 is 0 Å². The number of hydrogen-bond donors (Lipinski definition) is 1. The summed E-state index contributed by atoms with van der Waals surface area (Å²) in [6, 6.07) is 7.61. The fourth-order valence-corrected chi connectivity index (χ4v) is 2.36. The molecule has 4 nitrogen and oxygen atoms in total. The Morgan fingerprint density at radius 2 is 1.90 bits per heavy atom. The van der Waals surface area contributed by atoms with Crippen molar-refractivity contribution in [2.45, 2.75) is 33.1 Å². The Hall–Kier alpha value is -1.62. The van der Waals surface area contributed by atoms with Crippen LogP contribution in [0.2, 0.25) is 0 Å². The second kappa shape index (κ2) is 7.41. The number of halogens is 1. The zero-order valence-electron chi connectivity index (χ0n) is 12.3. The molecule has 1 aromatic heterocycles. The van der Waals surface area contributed by atoms with Crippen molar-refractivity contribution in [2.24, 2.45) is 0 Å². The summed E-state index contributed by atoms with van der Waals surface area (Å²) in [6.45, 7) is 4.84. The Bertz CT molecular complexity index is 650. The van der Waals surface area contributed by atoms with Crippen LogP contribution in [0.15, 0.2) is 33.5 Å². The van der Waals surface area contributed by atoms with E-state index >= 15 is 0 Å². The SMILES string of the molecule is CCCOc1ccc(-c2nc(CCC)c(Br)c(=O)[nH]2)cc1. The topological polar surface area (TPSA) is 55.0 Å². The first kappa shape index (κ1) is 15.8. The number of aryl methyl sites for hydroxylation is 1. The molecule has 0 radical (unpaired) electrons. The van der Waals surface area contributed by atoms with E-state index in [-0.39, 0.29) is 5.56 Å². The van der Waals surface area contributed by atoms with Gasteiger partial charge in [0.05, 0.1) is 12.3 Å². The van der Waals surface area contributed by atoms with Crippen LogP contribution < -0.4 is 10.3 Å². The Kier molecular flexibility index (Phi) is 5.56. The van der Waals surface area contributed by atoms with Gasteiger partial charge in [-0.25, -0.2) is 4.98 Å². The van der Waals surface area contributed by atoms with Gasteiger partial charge in [-0.1, -0.05) is 20.3 Å². The molecule has 112 valence electrons. The maximum Gasteiger partial charge on any atom is 0.265 e. The summed E-state index contributed by atoms with van der Waals surface area (Å²) in [5.74, 6) is 1.42. The molecule has 1 N–H and O–H groups in total. The van der Waals surface area contributed by atoms with Gasteiger partial charge in [-0.3, -0.25) is 4.79 Å². The number of aromatic amines is 1. The lowest BCUT2D eigenvalue weighted by Gasteiger charge is -2.08. The van der Waals surface area contributed by atoms with Crippen LogP contribution in [0.3, 0.4) is 0 Å². The molecule has 0 amide bonds. The van der Waals surface area contributed by atoms with E-state index in [2.05, 4.69) is 39.7 Å². The number of nitrogens with one attached hydrogen (secondary N) is 1. The van der Waals surface area contributed by atoms with Crippen molar-refractivity contribution in [1.29, 1.82) is 0 Å². The van der Waals surface area contributed by atoms with Crippen molar-refractivity contribution >= 4 is 15.9 Å². The predicted molar refractivity (Wildman–Crippen MR) is 87.8 cm³/mol. The van der Waals surface area contributed by atoms with Crippen LogP contribution in [0.4, 0.5) is 0 Å². The third-order valence-corrected chi connectivity index (χ3v) is 3.84. The second-order valence-corrected chi connectivity index (χ2v) is 5.59. The molecule has 0 aliphatic heterocycles. The number of ether oxygens (including phenoxy) is 1. The number of aromatic nitrogens is 2. The quantitative estimate of drug-likeness (QED) is 0.858. The van der Waals surface area contributed by atoms with Crippen LogP contribution >= 0.6 is 15.9 Å². The molecule has 0 fully saturated rings. The first-order valence-corrected chi connectivity index (χ1v) is 7.97. The third kappa shape index (κ3) is 3.94. The highest BCUT2D eigenvalue weighted by Gasteiger charge is 2.09. The summed E-state index contributed by atoms with van der Waals surface area (Å²) < 4.78 is 6.08. The standard InChI is InChI=1S/C16H19BrN2O2/c1-3-5-13-14(17)16(20)19-15(18-13)11-6-8-12(9-7-11)21-10-4-2/h6-9H,3-5,10H2,1-2H3,(H,18,19,20). The minimum absolute atomic E-state index is 0.144. The molecule has 5 heteroatoms. The number of benzene rings is 1. The molecule has 0 unspecified atom stereocenters. The van der Waals surface area contributed by atoms with Gasteiger partial charge in [-0.2, -0.15) is 0 Å². The predicted octanol–water partition coefficient (Wildman–Crippen LogP) is 3.94. The molecular weight excluding hydrogens is 332 g/mol. The second-order valence-electron chi connectivity index (χ2n) is 4.80. The highest BCUT2D eigenvalue weighted by molar-refractivity contribution is 9.10. The zero-order chi connectivity index (χ0) is 15.2. The smallest absolute Gasteiger partial charge is 0.265 e. The number of hydrogen-bond acceptors (Lipinski definition) is 3. The van der Waals surface area contributed by atoms with Crippen LogP contribution in [0.5, 0.6) is 5.75 Å². The molecule has 0 atom stereocenters. The fourth-order valence-electron chi connectivity index (χ4n) is 1.97. The molecule has 0 saturated carbocycles. The van der Waals surface area contributed by atoms with Gasteiger partial charge >= 0.3 is 0 Å². The van der Waals surface area contributed by atoms with Crippen molar-refractivity contribution in [1.82, 2.24) is 9.97 Å². The maximum absolute atomic E-state index is 11.9. The minimum Gasteiger partial charge on any atom is -0.494 e. The van der Waals surface area contributed by atoms with Crippen molar-refractivity contribution in [3.8, 4) is 17.1 Å². The van der Waals surface area contributed by atoms with Gasteiger partial charge in [0, 0.05) is 5.56 Å². The van der Waals surface area contributed by atoms with Crippen LogP contribution in [0.1, 0.15) is 32.4 Å². The van der Waals surface area contributed by atoms with Gasteiger partial charge in [0.25, 0.3) is 5.56 Å². The van der Waals surface area contributed by atoms with Gasteiger partial charge in [0.1, 0.15) is 16.0 Å². The fraction of sp³-hybridized carbons (Fsp3) is 0.375. The third-order valence-electron chi connectivity index (χ3n) is 3.02. The van der Waals surface area contributed by atoms with Crippen LogP contribution in [-0.2, 0) is 6.42 Å². The molecule has 0 aliphatic carbocycles. The molecule has 0 aliphatic rings. The average molecular weight is 351 g/mol. The van der Waals surface area contributed by atoms with Crippen molar-refractivity contribution in [3.05, 3.63) is 44.8 Å². The molecule has 21 heavy (non-hydrogen) atoms. The molecule has 0 saturated heterocycles. The summed E-state index contributed by atoms with van der Waals surface area (Å²) in [5.41, 5.74) is 1.53. The van der Waals surface area contributed by atoms with Crippen molar-refractivity contribution in [2.75, 3.05) is 6.61 Å². The van der Waals surface area contributed by atoms with E-state index in [4.69, 9.17) is 4.74 Å². The Labute approximate surface area is 132 Å². The Morgan fingerprint density at radius 3 is 2.52 bits per heavy atom. The summed E-state index contributed by atoms with van der Waals surface area (Å²) >= 11 is 3.30. The van der Waals surface area contributed by atoms with Crippen LogP contribution in [0.25, 0.3) is 11.4 Å². The molecular formula is C16H19BrN2O2. The summed E-state index contributed by atoms with van der Waals surface area (Å²) in [7, 11) is 0. The zero-order valence-corrected chi connectivity index (χ0v) is 13.9. The van der Waals surface area contributed by atoms with Gasteiger partial charge in [-0.15, -0.1) is 0 Å². The van der Waals surface area contributed by atoms with E-state index in [9.17, 15) is 4.79 Å². The van der Waals surface area contributed by atoms with E-state index in [1.807, 2.05) is 24.3 Å². The highest BCUT2D eigenvalue weighted by atomic mass is 79.9. The number of nitrogens with zero attached hydrogens (tertiary/aromatic N) is 1. The minimum atomic E-state index is -0.144. The molecule has 0 bridgehead atoms. The lowest BCUT2D eigenvalue weighted by molar-refractivity contribution is 0.317.